The molecule has 0 bridgehead atoms. The van der Waals surface area contributed by atoms with E-state index in [-0.39, 0.29) is 22.6 Å². The quantitative estimate of drug-likeness (QED) is 0.437. The van der Waals surface area contributed by atoms with Gasteiger partial charge in [-0.05, 0) is 24.3 Å². The van der Waals surface area contributed by atoms with Crippen molar-refractivity contribution in [2.45, 2.75) is 23.6 Å². The largest absolute Gasteiger partial charge is 0.406 e. The van der Waals surface area contributed by atoms with Crippen LogP contribution in [0.15, 0.2) is 58.6 Å². The molecule has 4 aromatic rings. The van der Waals surface area contributed by atoms with Crippen molar-refractivity contribution in [1.82, 2.24) is 34.9 Å². The van der Waals surface area contributed by atoms with Crippen LogP contribution in [-0.2, 0) is 12.3 Å². The SMILES string of the molecule is FC(F)(F)Cn1c(SCc2nc(-c3ccccn3)no2)nnc1-c1ccncc1. The van der Waals surface area contributed by atoms with Crippen molar-refractivity contribution in [2.75, 3.05) is 0 Å². The molecule has 4 rings (SSSR count). The summed E-state index contributed by atoms with van der Waals surface area (Å²) in [5.74, 6) is 0.775. The Labute approximate surface area is 166 Å². The van der Waals surface area contributed by atoms with Crippen LogP contribution in [-0.4, -0.2) is 41.0 Å². The van der Waals surface area contributed by atoms with Gasteiger partial charge in [-0.2, -0.15) is 18.2 Å². The molecule has 0 aromatic carbocycles. The van der Waals surface area contributed by atoms with Gasteiger partial charge in [0, 0.05) is 24.2 Å². The fourth-order valence-corrected chi connectivity index (χ4v) is 3.25. The third kappa shape index (κ3) is 4.59. The van der Waals surface area contributed by atoms with Gasteiger partial charge in [-0.15, -0.1) is 10.2 Å². The lowest BCUT2D eigenvalue weighted by Crippen LogP contribution is -2.19. The second-order valence-electron chi connectivity index (χ2n) is 5.76. The summed E-state index contributed by atoms with van der Waals surface area (Å²) in [7, 11) is 0. The van der Waals surface area contributed by atoms with Crippen LogP contribution in [0.5, 0.6) is 0 Å². The van der Waals surface area contributed by atoms with Crippen molar-refractivity contribution in [1.29, 1.82) is 0 Å². The number of halogens is 3. The van der Waals surface area contributed by atoms with E-state index in [1.807, 2.05) is 0 Å². The van der Waals surface area contributed by atoms with Crippen LogP contribution in [0.3, 0.4) is 0 Å². The number of rotatable bonds is 6. The van der Waals surface area contributed by atoms with Gasteiger partial charge >= 0.3 is 6.18 Å². The lowest BCUT2D eigenvalue weighted by atomic mass is 10.2. The summed E-state index contributed by atoms with van der Waals surface area (Å²) in [5, 5.41) is 11.8. The Balaban J connectivity index is 1.56. The summed E-state index contributed by atoms with van der Waals surface area (Å²) in [4.78, 5) is 12.2. The summed E-state index contributed by atoms with van der Waals surface area (Å²) < 4.78 is 45.5. The highest BCUT2D eigenvalue weighted by molar-refractivity contribution is 7.98. The van der Waals surface area contributed by atoms with E-state index in [0.29, 0.717) is 17.1 Å². The fraction of sp³-hybridized carbons (Fsp3) is 0.176. The lowest BCUT2D eigenvalue weighted by molar-refractivity contribution is -0.141. The Hall–Kier alpha value is -3.28. The molecule has 0 saturated carbocycles. The first-order valence-electron chi connectivity index (χ1n) is 8.27. The fourth-order valence-electron chi connectivity index (χ4n) is 2.47. The number of aromatic nitrogens is 7. The van der Waals surface area contributed by atoms with E-state index in [2.05, 4.69) is 30.3 Å². The Morgan fingerprint density at radius 2 is 1.86 bits per heavy atom. The first-order chi connectivity index (χ1) is 14.0. The van der Waals surface area contributed by atoms with E-state index in [4.69, 9.17) is 4.52 Å². The van der Waals surface area contributed by atoms with Gasteiger partial charge in [0.1, 0.15) is 12.2 Å². The molecule has 0 aliphatic heterocycles. The lowest BCUT2D eigenvalue weighted by Gasteiger charge is -2.12. The van der Waals surface area contributed by atoms with Gasteiger partial charge in [0.05, 0.1) is 5.75 Å². The Bertz CT molecular complexity index is 1080. The Morgan fingerprint density at radius 1 is 1.03 bits per heavy atom. The van der Waals surface area contributed by atoms with E-state index < -0.39 is 12.7 Å². The summed E-state index contributed by atoms with van der Waals surface area (Å²) in [6.07, 6.45) is 0.120. The van der Waals surface area contributed by atoms with Crippen molar-refractivity contribution in [3.8, 4) is 22.9 Å². The minimum Gasteiger partial charge on any atom is -0.338 e. The average Bonchev–Trinajstić information content (AvgIpc) is 3.34. The van der Waals surface area contributed by atoms with Gasteiger partial charge in [-0.25, -0.2) is 0 Å². The van der Waals surface area contributed by atoms with Crippen molar-refractivity contribution in [3.63, 3.8) is 0 Å². The predicted octanol–water partition coefficient (Wildman–Crippen LogP) is 3.64. The molecule has 0 unspecified atom stereocenters. The average molecular weight is 419 g/mol. The second kappa shape index (κ2) is 7.99. The molecule has 12 heteroatoms. The number of nitrogens with zero attached hydrogens (tertiary/aromatic N) is 7. The van der Waals surface area contributed by atoms with Crippen molar-refractivity contribution < 1.29 is 17.7 Å². The summed E-state index contributed by atoms with van der Waals surface area (Å²) >= 11 is 1.02. The first-order valence-corrected chi connectivity index (χ1v) is 9.25. The van der Waals surface area contributed by atoms with Crippen molar-refractivity contribution in [2.24, 2.45) is 0 Å². The molecule has 8 nitrogen and oxygen atoms in total. The Kier molecular flexibility index (Phi) is 5.25. The molecule has 4 aromatic heterocycles. The number of hydrogen-bond donors (Lipinski definition) is 0. The van der Waals surface area contributed by atoms with E-state index in [1.54, 1.807) is 36.5 Å². The molecule has 0 fully saturated rings. The summed E-state index contributed by atoms with van der Waals surface area (Å²) in [5.41, 5.74) is 1.02. The van der Waals surface area contributed by atoms with Crippen LogP contribution in [0.4, 0.5) is 13.2 Å². The van der Waals surface area contributed by atoms with Crippen LogP contribution >= 0.6 is 11.8 Å². The van der Waals surface area contributed by atoms with E-state index in [9.17, 15) is 13.2 Å². The molecule has 0 N–H and O–H groups in total. The Morgan fingerprint density at radius 3 is 2.59 bits per heavy atom. The first kappa shape index (κ1) is 19.1. The normalized spacial score (nSPS) is 11.7. The predicted molar refractivity (Wildman–Crippen MR) is 96.4 cm³/mol. The van der Waals surface area contributed by atoms with Crippen LogP contribution < -0.4 is 0 Å². The second-order valence-corrected chi connectivity index (χ2v) is 6.70. The number of pyridine rings is 2. The van der Waals surface area contributed by atoms with Crippen LogP contribution in [0.25, 0.3) is 22.9 Å². The highest BCUT2D eigenvalue weighted by Crippen LogP contribution is 2.29. The summed E-state index contributed by atoms with van der Waals surface area (Å²) in [6, 6.07) is 8.41. The number of thioether (sulfide) groups is 1. The summed E-state index contributed by atoms with van der Waals surface area (Å²) in [6.45, 7) is -1.22. The molecule has 0 saturated heterocycles. The monoisotopic (exact) mass is 419 g/mol. The van der Waals surface area contributed by atoms with Crippen molar-refractivity contribution in [3.05, 3.63) is 54.8 Å². The molecule has 29 heavy (non-hydrogen) atoms. The molecule has 0 atom stereocenters. The molecule has 4 heterocycles. The zero-order valence-electron chi connectivity index (χ0n) is 14.6. The molecule has 148 valence electrons. The topological polar surface area (TPSA) is 95.4 Å². The molecule has 0 radical (unpaired) electrons. The standard InChI is InChI=1S/C17H12F3N7OS/c18-17(19,20)10-27-15(11-4-7-21-8-5-11)24-25-16(27)29-9-13-23-14(26-28-13)12-3-1-2-6-22-12/h1-8H,9-10H2. The van der Waals surface area contributed by atoms with E-state index in [1.165, 1.54) is 12.4 Å². The van der Waals surface area contributed by atoms with Gasteiger partial charge in [0.2, 0.25) is 11.7 Å². The van der Waals surface area contributed by atoms with Gasteiger partial charge < -0.3 is 4.52 Å². The zero-order valence-corrected chi connectivity index (χ0v) is 15.4. The van der Waals surface area contributed by atoms with Gasteiger partial charge in [-0.3, -0.25) is 14.5 Å². The molecule has 0 aliphatic carbocycles. The van der Waals surface area contributed by atoms with Crippen LogP contribution in [0, 0.1) is 0 Å². The maximum atomic E-state index is 13.1. The third-order valence-electron chi connectivity index (χ3n) is 3.68. The molecular formula is C17H12F3N7OS. The smallest absolute Gasteiger partial charge is 0.338 e. The highest BCUT2D eigenvalue weighted by Gasteiger charge is 2.31. The van der Waals surface area contributed by atoms with Crippen LogP contribution in [0.1, 0.15) is 5.89 Å². The van der Waals surface area contributed by atoms with Gasteiger partial charge in [0.15, 0.2) is 11.0 Å². The van der Waals surface area contributed by atoms with Gasteiger partial charge in [0.25, 0.3) is 0 Å². The molecule has 0 aliphatic rings. The molecular weight excluding hydrogens is 407 g/mol. The van der Waals surface area contributed by atoms with Crippen molar-refractivity contribution >= 4 is 11.8 Å². The third-order valence-corrected chi connectivity index (χ3v) is 4.63. The maximum absolute atomic E-state index is 13.1. The molecule has 0 amide bonds. The van der Waals surface area contributed by atoms with Gasteiger partial charge in [-0.1, -0.05) is 23.0 Å². The van der Waals surface area contributed by atoms with E-state index in [0.717, 1.165) is 16.3 Å². The van der Waals surface area contributed by atoms with E-state index >= 15 is 0 Å². The zero-order chi connectivity index (χ0) is 20.3. The minimum absolute atomic E-state index is 0.0896. The highest BCUT2D eigenvalue weighted by atomic mass is 32.2. The number of hydrogen-bond acceptors (Lipinski definition) is 8. The molecule has 0 spiro atoms. The van der Waals surface area contributed by atoms with Crippen LogP contribution in [0.2, 0.25) is 0 Å². The number of alkyl halides is 3. The minimum atomic E-state index is -4.43. The maximum Gasteiger partial charge on any atom is 0.406 e.